The highest BCUT2D eigenvalue weighted by molar-refractivity contribution is 5.67. The number of hydrogen-bond acceptors (Lipinski definition) is 4. The Morgan fingerprint density at radius 1 is 1.33 bits per heavy atom. The summed E-state index contributed by atoms with van der Waals surface area (Å²) in [4.78, 5) is 14.9. The van der Waals surface area contributed by atoms with Crippen molar-refractivity contribution in [2.24, 2.45) is 0 Å². The van der Waals surface area contributed by atoms with Gasteiger partial charge < -0.3 is 9.64 Å². The molecule has 1 aliphatic heterocycles. The molecule has 0 aromatic heterocycles. The zero-order valence-electron chi connectivity index (χ0n) is 9.49. The number of hydrogen-bond donors (Lipinski definition) is 0. The minimum Gasteiger partial charge on any atom is -0.453 e. The smallest absolute Gasteiger partial charge is 0.409 e. The lowest BCUT2D eigenvalue weighted by Gasteiger charge is -2.39. The molecule has 0 N–H and O–H groups in total. The van der Waals surface area contributed by atoms with Crippen LogP contribution in [0.4, 0.5) is 4.79 Å². The van der Waals surface area contributed by atoms with E-state index in [-0.39, 0.29) is 6.09 Å². The van der Waals surface area contributed by atoms with Gasteiger partial charge in [0.25, 0.3) is 0 Å². The van der Waals surface area contributed by atoms with E-state index < -0.39 is 5.54 Å². The molecule has 1 saturated heterocycles. The lowest BCUT2D eigenvalue weighted by Crippen LogP contribution is -2.55. The van der Waals surface area contributed by atoms with E-state index in [4.69, 9.17) is 5.26 Å². The summed E-state index contributed by atoms with van der Waals surface area (Å²) >= 11 is 0. The minimum atomic E-state index is -0.456. The highest BCUT2D eigenvalue weighted by Gasteiger charge is 2.31. The van der Waals surface area contributed by atoms with E-state index in [1.807, 2.05) is 13.8 Å². The maximum absolute atomic E-state index is 11.2. The molecule has 0 bridgehead atoms. The highest BCUT2D eigenvalue weighted by atomic mass is 16.5. The third-order valence-corrected chi connectivity index (χ3v) is 2.78. The normalized spacial score (nSPS) is 18.4. The third-order valence-electron chi connectivity index (χ3n) is 2.78. The van der Waals surface area contributed by atoms with Crippen molar-refractivity contribution >= 4 is 6.09 Å². The Bertz CT molecular complexity index is 275. The van der Waals surface area contributed by atoms with Gasteiger partial charge in [0, 0.05) is 26.2 Å². The molecule has 0 aliphatic carbocycles. The summed E-state index contributed by atoms with van der Waals surface area (Å²) in [6.07, 6.45) is -0.288. The van der Waals surface area contributed by atoms with Crippen LogP contribution in [0.15, 0.2) is 0 Å². The zero-order chi connectivity index (χ0) is 11.5. The molecule has 0 unspecified atom stereocenters. The summed E-state index contributed by atoms with van der Waals surface area (Å²) in [5.74, 6) is 0. The fourth-order valence-corrected chi connectivity index (χ4v) is 1.65. The maximum atomic E-state index is 11.2. The molecule has 0 spiro atoms. The molecule has 1 amide bonds. The van der Waals surface area contributed by atoms with Crippen LogP contribution in [-0.2, 0) is 4.74 Å². The monoisotopic (exact) mass is 211 g/mol. The first-order valence-corrected chi connectivity index (χ1v) is 5.00. The fraction of sp³-hybridized carbons (Fsp3) is 0.800. The molecule has 1 aliphatic rings. The van der Waals surface area contributed by atoms with Crippen molar-refractivity contribution in [3.05, 3.63) is 0 Å². The predicted octanol–water partition coefficient (Wildman–Crippen LogP) is 0.673. The van der Waals surface area contributed by atoms with E-state index >= 15 is 0 Å². The van der Waals surface area contributed by atoms with Gasteiger partial charge in [0.15, 0.2) is 0 Å². The Morgan fingerprint density at radius 3 is 2.27 bits per heavy atom. The first-order chi connectivity index (χ1) is 7.01. The molecule has 1 fully saturated rings. The van der Waals surface area contributed by atoms with E-state index in [0.29, 0.717) is 13.1 Å². The van der Waals surface area contributed by atoms with Crippen molar-refractivity contribution in [2.45, 2.75) is 19.4 Å². The van der Waals surface area contributed by atoms with Crippen molar-refractivity contribution in [3.8, 4) is 6.07 Å². The number of carbonyl (C=O) groups is 1. The average molecular weight is 211 g/mol. The number of piperazine rings is 1. The van der Waals surface area contributed by atoms with Crippen LogP contribution in [0.2, 0.25) is 0 Å². The molecular weight excluding hydrogens is 194 g/mol. The van der Waals surface area contributed by atoms with Crippen molar-refractivity contribution in [1.29, 1.82) is 5.26 Å². The van der Waals surface area contributed by atoms with Crippen LogP contribution in [0.1, 0.15) is 13.8 Å². The van der Waals surface area contributed by atoms with Gasteiger partial charge in [-0.2, -0.15) is 5.26 Å². The topological polar surface area (TPSA) is 56.6 Å². The van der Waals surface area contributed by atoms with E-state index in [9.17, 15) is 4.79 Å². The first kappa shape index (κ1) is 11.8. The average Bonchev–Trinajstić information content (AvgIpc) is 2.28. The van der Waals surface area contributed by atoms with Gasteiger partial charge >= 0.3 is 6.09 Å². The number of carbonyl (C=O) groups excluding carboxylic acids is 1. The van der Waals surface area contributed by atoms with Crippen molar-refractivity contribution in [3.63, 3.8) is 0 Å². The third kappa shape index (κ3) is 2.60. The number of nitrogens with zero attached hydrogens (tertiary/aromatic N) is 3. The highest BCUT2D eigenvalue weighted by Crippen LogP contribution is 2.15. The summed E-state index contributed by atoms with van der Waals surface area (Å²) < 4.78 is 4.64. The number of amides is 1. The number of ether oxygens (including phenoxy) is 1. The molecule has 0 aromatic rings. The molecule has 0 atom stereocenters. The minimum absolute atomic E-state index is 0.288. The molecule has 84 valence electrons. The molecule has 1 rings (SSSR count). The molecule has 1 heterocycles. The quantitative estimate of drug-likeness (QED) is 0.639. The molecule has 5 nitrogen and oxygen atoms in total. The summed E-state index contributed by atoms with van der Waals surface area (Å²) in [7, 11) is 1.38. The van der Waals surface area contributed by atoms with Crippen LogP contribution >= 0.6 is 0 Å². The van der Waals surface area contributed by atoms with Crippen molar-refractivity contribution in [2.75, 3.05) is 33.3 Å². The van der Waals surface area contributed by atoms with Gasteiger partial charge in [0.2, 0.25) is 0 Å². The van der Waals surface area contributed by atoms with Gasteiger partial charge in [-0.15, -0.1) is 0 Å². The summed E-state index contributed by atoms with van der Waals surface area (Å²) in [5.41, 5.74) is -0.456. The second-order valence-corrected chi connectivity index (χ2v) is 4.11. The number of nitriles is 1. The molecule has 15 heavy (non-hydrogen) atoms. The van der Waals surface area contributed by atoms with E-state index in [2.05, 4.69) is 15.7 Å². The maximum Gasteiger partial charge on any atom is 0.409 e. The van der Waals surface area contributed by atoms with Crippen molar-refractivity contribution in [1.82, 2.24) is 9.80 Å². The van der Waals surface area contributed by atoms with E-state index in [1.54, 1.807) is 4.90 Å². The summed E-state index contributed by atoms with van der Waals surface area (Å²) in [5, 5.41) is 8.97. The Kier molecular flexibility index (Phi) is 3.53. The zero-order valence-corrected chi connectivity index (χ0v) is 9.49. The largest absolute Gasteiger partial charge is 0.453 e. The number of methoxy groups -OCH3 is 1. The molecular formula is C10H17N3O2. The molecule has 0 aromatic carbocycles. The predicted molar refractivity (Wildman–Crippen MR) is 55.2 cm³/mol. The van der Waals surface area contributed by atoms with Crippen LogP contribution in [0.3, 0.4) is 0 Å². The Morgan fingerprint density at radius 2 is 1.87 bits per heavy atom. The summed E-state index contributed by atoms with van der Waals surface area (Å²) in [6.45, 7) is 6.46. The van der Waals surface area contributed by atoms with Gasteiger partial charge in [0.1, 0.15) is 5.54 Å². The van der Waals surface area contributed by atoms with Crippen LogP contribution in [0.25, 0.3) is 0 Å². The number of rotatable bonds is 1. The van der Waals surface area contributed by atoms with Crippen LogP contribution < -0.4 is 0 Å². The Hall–Kier alpha value is -1.28. The van der Waals surface area contributed by atoms with Gasteiger partial charge in [-0.1, -0.05) is 0 Å². The second-order valence-electron chi connectivity index (χ2n) is 4.11. The van der Waals surface area contributed by atoms with E-state index in [1.165, 1.54) is 7.11 Å². The van der Waals surface area contributed by atoms with Crippen LogP contribution in [0.5, 0.6) is 0 Å². The standard InChI is InChI=1S/C10H17N3O2/c1-10(2,8-11)13-6-4-12(5-7-13)9(14)15-3/h4-7H2,1-3H3. The molecule has 0 saturated carbocycles. The van der Waals surface area contributed by atoms with Crippen molar-refractivity contribution < 1.29 is 9.53 Å². The second kappa shape index (κ2) is 4.49. The lowest BCUT2D eigenvalue weighted by atomic mass is 10.0. The fourth-order valence-electron chi connectivity index (χ4n) is 1.65. The lowest BCUT2D eigenvalue weighted by molar-refractivity contribution is 0.0652. The van der Waals surface area contributed by atoms with Crippen LogP contribution in [-0.4, -0.2) is 54.7 Å². The van der Waals surface area contributed by atoms with Gasteiger partial charge in [-0.05, 0) is 13.8 Å². The molecule has 0 radical (unpaired) electrons. The van der Waals surface area contributed by atoms with Gasteiger partial charge in [-0.3, -0.25) is 4.90 Å². The SMILES string of the molecule is COC(=O)N1CCN(C(C)(C)C#N)CC1. The van der Waals surface area contributed by atoms with E-state index in [0.717, 1.165) is 13.1 Å². The molecule has 5 heteroatoms. The summed E-state index contributed by atoms with van der Waals surface area (Å²) in [6, 6.07) is 2.26. The van der Waals surface area contributed by atoms with Gasteiger partial charge in [0.05, 0.1) is 13.2 Å². The Balaban J connectivity index is 2.50. The first-order valence-electron chi connectivity index (χ1n) is 5.00. The Labute approximate surface area is 90.2 Å². The van der Waals surface area contributed by atoms with Gasteiger partial charge in [-0.25, -0.2) is 4.79 Å². The van der Waals surface area contributed by atoms with Crippen LogP contribution in [0, 0.1) is 11.3 Å².